The van der Waals surface area contributed by atoms with Crippen LogP contribution in [0.25, 0.3) is 0 Å². The van der Waals surface area contributed by atoms with Gasteiger partial charge in [-0.3, -0.25) is 0 Å². The Morgan fingerprint density at radius 1 is 0.195 bits per heavy atom. The van der Waals surface area contributed by atoms with Gasteiger partial charge in [-0.1, -0.05) is 115 Å². The lowest BCUT2D eigenvalue weighted by Crippen LogP contribution is -2.18. The molecule has 2 rings (SSSR count). The summed E-state index contributed by atoms with van der Waals surface area (Å²) in [7, 11) is 0. The van der Waals surface area contributed by atoms with E-state index in [2.05, 4.69) is 26.0 Å². The molecule has 0 bridgehead atoms. The Balaban J connectivity index is 1.63. The van der Waals surface area contributed by atoms with E-state index in [1.165, 1.54) is 64.2 Å². The molecule has 0 aliphatic heterocycles. The average molecular weight is 1780 g/mol. The van der Waals surface area contributed by atoms with E-state index >= 15 is 0 Å². The summed E-state index contributed by atoms with van der Waals surface area (Å²) >= 11 is 0. The smallest absolute Gasteiger partial charge is 0.133 e. The number of aliphatic hydroxyl groups is 4. The summed E-state index contributed by atoms with van der Waals surface area (Å²) in [5.41, 5.74) is 3.72. The number of aliphatic hydroxyl groups excluding tert-OH is 4. The van der Waals surface area contributed by atoms with Crippen molar-refractivity contribution in [3.8, 4) is 11.5 Å². The molecule has 2 aromatic rings. The maximum Gasteiger partial charge on any atom is 0.133 e. The molecule has 2 atom stereocenters. The summed E-state index contributed by atoms with van der Waals surface area (Å²) in [4.78, 5) is 0. The van der Waals surface area contributed by atoms with Crippen LogP contribution in [0.3, 0.4) is 0 Å². The lowest BCUT2D eigenvalue weighted by Gasteiger charge is -2.26. The van der Waals surface area contributed by atoms with Crippen molar-refractivity contribution in [1.29, 1.82) is 0 Å². The first-order valence-corrected chi connectivity index (χ1v) is 45.7. The van der Waals surface area contributed by atoms with E-state index in [9.17, 15) is 10.2 Å². The zero-order valence-electron chi connectivity index (χ0n) is 75.6. The van der Waals surface area contributed by atoms with Crippen LogP contribution in [0.5, 0.6) is 11.5 Å². The normalized spacial score (nSPS) is 12.3. The number of rotatable bonds is 106. The average Bonchev–Trinajstić information content (AvgIpc) is 0.794. The standard InChI is InChI=1S/C90H166O33/c1-3-5-7-9-11-13-15-19-83-21-17-23-85(89(83)87(81-93)121-79-77-119-75-73-117-71-69-115-67-65-113-63-61-111-59-57-109-55-53-107-51-49-105-47-45-103-43-41-101-39-37-99-35-33-97-31-29-95-27-25-91)123-86-24-18-22-84(20-16-14-12-10-8-6-4-2)90(86)88(82-94)122-80-78-120-76-74-118-72-70-116-68-66-114-64-62-112-60-58-110-56-54-108-52-50-106-48-46-104-44-42-102-40-38-100-36-34-98-32-30-96-28-26-92/h17-18,21-24,87-88,91-94H,3-16,19-20,25-82H2,1-2H3. The summed E-state index contributed by atoms with van der Waals surface area (Å²) in [6.07, 6.45) is 16.6. The lowest BCUT2D eigenvalue weighted by atomic mass is 9.95. The summed E-state index contributed by atoms with van der Waals surface area (Å²) in [6, 6.07) is 12.1. The first-order valence-electron chi connectivity index (χ1n) is 45.7. The van der Waals surface area contributed by atoms with Crippen LogP contribution in [-0.4, -0.2) is 404 Å². The predicted molar refractivity (Wildman–Crippen MR) is 463 cm³/mol. The van der Waals surface area contributed by atoms with Crippen molar-refractivity contribution in [3.63, 3.8) is 0 Å². The highest BCUT2D eigenvalue weighted by Gasteiger charge is 2.26. The fourth-order valence-electron chi connectivity index (χ4n) is 11.8. The third-order valence-electron chi connectivity index (χ3n) is 18.1. The Kier molecular flexibility index (Phi) is 92.4. The molecule has 0 spiro atoms. The second-order valence-corrected chi connectivity index (χ2v) is 28.0. The van der Waals surface area contributed by atoms with Crippen LogP contribution in [0.4, 0.5) is 0 Å². The molecular weight excluding hydrogens is 1610 g/mol. The van der Waals surface area contributed by atoms with Gasteiger partial charge in [0, 0.05) is 11.1 Å². The maximum absolute atomic E-state index is 11.1. The summed E-state index contributed by atoms with van der Waals surface area (Å²) < 4.78 is 164. The van der Waals surface area contributed by atoms with Crippen molar-refractivity contribution in [2.45, 2.75) is 129 Å². The number of aryl methyl sites for hydroxylation is 2. The van der Waals surface area contributed by atoms with Gasteiger partial charge in [-0.15, -0.1) is 0 Å². The molecule has 0 fully saturated rings. The summed E-state index contributed by atoms with van der Waals surface area (Å²) in [5.74, 6) is 1.17. The van der Waals surface area contributed by atoms with Gasteiger partial charge in [0.2, 0.25) is 0 Å². The molecule has 0 heterocycles. The molecule has 33 nitrogen and oxygen atoms in total. The molecule has 0 aromatic heterocycles. The highest BCUT2D eigenvalue weighted by atomic mass is 16.6. The minimum absolute atomic E-state index is 0.0110. The molecule has 0 aliphatic rings. The fourth-order valence-corrected chi connectivity index (χ4v) is 11.8. The van der Waals surface area contributed by atoms with Crippen LogP contribution < -0.4 is 4.74 Å². The van der Waals surface area contributed by atoms with Gasteiger partial charge in [-0.2, -0.15) is 0 Å². The van der Waals surface area contributed by atoms with Crippen LogP contribution in [0.2, 0.25) is 0 Å². The van der Waals surface area contributed by atoms with E-state index in [-0.39, 0.29) is 39.6 Å². The second kappa shape index (κ2) is 98.0. The minimum atomic E-state index is -0.692. The number of hydrogen-bond acceptors (Lipinski definition) is 33. The Morgan fingerprint density at radius 2 is 0.358 bits per heavy atom. The van der Waals surface area contributed by atoms with E-state index in [0.29, 0.717) is 355 Å². The van der Waals surface area contributed by atoms with Gasteiger partial charge < -0.3 is 158 Å². The second-order valence-electron chi connectivity index (χ2n) is 28.0. The SMILES string of the molecule is CCCCCCCCCc1cccc(Oc2cccc(CCCCCCCCC)c2C(CO)OCCOCCOCCOCCOCCOCCOCCOCCOCCOCCOCCOCCOCCOCCO)c1C(CO)OCCOCCOCCOCCOCCOCCOCCOCCOCCOCCOCCOCCOCCOCCO. The fraction of sp³-hybridized carbons (Fsp3) is 0.867. The van der Waals surface area contributed by atoms with Gasteiger partial charge in [0.25, 0.3) is 0 Å². The third-order valence-corrected chi connectivity index (χ3v) is 18.1. The van der Waals surface area contributed by atoms with Crippen LogP contribution in [0, 0.1) is 0 Å². The number of unbranched alkanes of at least 4 members (excludes halogenated alkanes) is 12. The molecule has 2 unspecified atom stereocenters. The Hall–Kier alpha value is -3.04. The lowest BCUT2D eigenvalue weighted by molar-refractivity contribution is -0.0384. The van der Waals surface area contributed by atoms with Gasteiger partial charge >= 0.3 is 0 Å². The maximum atomic E-state index is 11.1. The van der Waals surface area contributed by atoms with Crippen LogP contribution in [0.1, 0.15) is 138 Å². The highest BCUT2D eigenvalue weighted by Crippen LogP contribution is 2.40. The molecule has 0 aliphatic carbocycles. The number of ether oxygens (including phenoxy) is 29. The van der Waals surface area contributed by atoms with Crippen LogP contribution in [-0.2, 0) is 145 Å². The quantitative estimate of drug-likeness (QED) is 0.0450. The van der Waals surface area contributed by atoms with E-state index in [0.717, 1.165) is 60.8 Å². The Labute approximate surface area is 736 Å². The zero-order valence-corrected chi connectivity index (χ0v) is 75.6. The van der Waals surface area contributed by atoms with Crippen LogP contribution in [0.15, 0.2) is 36.4 Å². The van der Waals surface area contributed by atoms with Crippen molar-refractivity contribution in [1.82, 2.24) is 0 Å². The number of hydrogen-bond donors (Lipinski definition) is 4. The van der Waals surface area contributed by atoms with Crippen molar-refractivity contribution >= 4 is 0 Å². The predicted octanol–water partition coefficient (Wildman–Crippen LogP) is 8.58. The molecule has 0 amide bonds. The van der Waals surface area contributed by atoms with Gasteiger partial charge in [0.05, 0.1) is 383 Å². The number of benzene rings is 2. The van der Waals surface area contributed by atoms with Crippen molar-refractivity contribution in [3.05, 3.63) is 58.7 Å². The topological polar surface area (TPSA) is 349 Å². The molecule has 2 aromatic carbocycles. The van der Waals surface area contributed by atoms with E-state index in [1.807, 2.05) is 24.3 Å². The highest BCUT2D eigenvalue weighted by molar-refractivity contribution is 5.49. The first-order chi connectivity index (χ1) is 61.1. The monoisotopic (exact) mass is 1780 g/mol. The van der Waals surface area contributed by atoms with Gasteiger partial charge in [0.15, 0.2) is 0 Å². The molecule has 33 heteroatoms. The molecule has 0 saturated carbocycles. The first kappa shape index (κ1) is 116. The third kappa shape index (κ3) is 77.4. The summed E-state index contributed by atoms with van der Waals surface area (Å²) in [5, 5.41) is 39.5. The van der Waals surface area contributed by atoms with E-state index < -0.39 is 12.2 Å². The molecule has 123 heavy (non-hydrogen) atoms. The largest absolute Gasteiger partial charge is 0.457 e. The summed E-state index contributed by atoms with van der Waals surface area (Å²) in [6.45, 7) is 27.6. The van der Waals surface area contributed by atoms with Gasteiger partial charge in [-0.05, 0) is 48.9 Å². The van der Waals surface area contributed by atoms with Crippen molar-refractivity contribution in [2.75, 3.05) is 383 Å². The zero-order chi connectivity index (χ0) is 87.7. The van der Waals surface area contributed by atoms with Gasteiger partial charge in [0.1, 0.15) is 23.7 Å². The minimum Gasteiger partial charge on any atom is -0.457 e. The molecule has 4 N–H and O–H groups in total. The van der Waals surface area contributed by atoms with Gasteiger partial charge in [-0.25, -0.2) is 0 Å². The molecular formula is C90H166O33. The molecule has 724 valence electrons. The molecule has 0 radical (unpaired) electrons. The molecule has 0 saturated heterocycles. The van der Waals surface area contributed by atoms with E-state index in [1.54, 1.807) is 0 Å². The van der Waals surface area contributed by atoms with Crippen molar-refractivity contribution in [2.24, 2.45) is 0 Å². The van der Waals surface area contributed by atoms with E-state index in [4.69, 9.17) is 148 Å². The Bertz CT molecular complexity index is 2230. The van der Waals surface area contributed by atoms with Crippen molar-refractivity contribution < 1.29 is 158 Å². The van der Waals surface area contributed by atoms with Crippen LogP contribution >= 0.6 is 0 Å². The Morgan fingerprint density at radius 3 is 0.528 bits per heavy atom.